The number of benzene rings is 1. The molecule has 9 heteroatoms. The molecule has 1 N–H and O–H groups in total. The average Bonchev–Trinajstić information content (AvgIpc) is 3.28. The minimum atomic E-state index is -0.605. The molecule has 4 rings (SSSR count). The smallest absolute Gasteiger partial charge is 0.332 e. The van der Waals surface area contributed by atoms with E-state index in [1.165, 1.54) is 29.1 Å². The molecule has 0 aliphatic heterocycles. The van der Waals surface area contributed by atoms with Crippen molar-refractivity contribution in [2.24, 2.45) is 7.05 Å². The van der Waals surface area contributed by atoms with Crippen molar-refractivity contribution >= 4 is 28.3 Å². The lowest BCUT2D eigenvalue weighted by Gasteiger charge is -2.11. The van der Waals surface area contributed by atoms with Crippen molar-refractivity contribution in [2.45, 2.75) is 13.1 Å². The number of amides is 1. The van der Waals surface area contributed by atoms with E-state index in [1.807, 2.05) is 47.8 Å². The van der Waals surface area contributed by atoms with Gasteiger partial charge in [0, 0.05) is 23.7 Å². The number of aromatic nitrogens is 4. The Morgan fingerprint density at radius 2 is 1.93 bits per heavy atom. The summed E-state index contributed by atoms with van der Waals surface area (Å²) < 4.78 is 2.16. The summed E-state index contributed by atoms with van der Waals surface area (Å²) in [6.45, 7) is -0.0179. The lowest BCUT2D eigenvalue weighted by Crippen LogP contribution is -2.43. The van der Waals surface area contributed by atoms with E-state index in [1.54, 1.807) is 0 Å². The quantitative estimate of drug-likeness (QED) is 0.541. The number of fused-ring (bicyclic) bond motifs is 1. The molecule has 0 spiro atoms. The minimum Gasteiger partial charge on any atom is -0.350 e. The number of carbonyl (C=O) groups excluding carboxylic acids is 1. The van der Waals surface area contributed by atoms with E-state index in [4.69, 9.17) is 0 Å². The third kappa shape index (κ3) is 3.72. The maximum atomic E-state index is 12.8. The topological polar surface area (TPSA) is 98.9 Å². The van der Waals surface area contributed by atoms with Gasteiger partial charge in [-0.05, 0) is 11.4 Å². The summed E-state index contributed by atoms with van der Waals surface area (Å²) >= 11 is 1.52. The molecule has 3 aromatic heterocycles. The van der Waals surface area contributed by atoms with Gasteiger partial charge < -0.3 is 5.32 Å². The lowest BCUT2D eigenvalue weighted by molar-refractivity contribution is -0.121. The molecule has 29 heavy (non-hydrogen) atoms. The maximum absolute atomic E-state index is 12.8. The van der Waals surface area contributed by atoms with Crippen LogP contribution in [0.5, 0.6) is 0 Å². The molecule has 8 nitrogen and oxygen atoms in total. The van der Waals surface area contributed by atoms with Crippen molar-refractivity contribution in [1.82, 2.24) is 24.4 Å². The molecule has 0 radical (unpaired) electrons. The summed E-state index contributed by atoms with van der Waals surface area (Å²) in [5.74, 6) is -0.00212. The normalized spacial score (nSPS) is 10.9. The maximum Gasteiger partial charge on any atom is 0.332 e. The number of hydrogen-bond acceptors (Lipinski definition) is 6. The molecule has 0 bridgehead atoms. The fraction of sp³-hybridized carbons (Fsp3) is 0.150. The summed E-state index contributed by atoms with van der Waals surface area (Å²) in [5, 5.41) is 4.81. The van der Waals surface area contributed by atoms with E-state index in [-0.39, 0.29) is 17.6 Å². The van der Waals surface area contributed by atoms with Crippen molar-refractivity contribution < 1.29 is 4.79 Å². The van der Waals surface area contributed by atoms with Crippen LogP contribution in [-0.2, 0) is 24.9 Å². The molecule has 0 unspecified atom stereocenters. The van der Waals surface area contributed by atoms with Crippen molar-refractivity contribution in [3.63, 3.8) is 0 Å². The number of carbonyl (C=O) groups is 1. The SMILES string of the molecule is Cn1c(=O)n(CC(=O)NCc2cccs2)c(=O)c2cnc(-c3ccccc3)nc21. The van der Waals surface area contributed by atoms with E-state index in [9.17, 15) is 14.4 Å². The number of rotatable bonds is 5. The van der Waals surface area contributed by atoms with Gasteiger partial charge in [0.2, 0.25) is 5.91 Å². The fourth-order valence-electron chi connectivity index (χ4n) is 2.95. The molecule has 0 atom stereocenters. The summed E-state index contributed by atoms with van der Waals surface area (Å²) in [5.41, 5.74) is -0.191. The zero-order chi connectivity index (χ0) is 20.4. The first-order valence-electron chi connectivity index (χ1n) is 8.85. The zero-order valence-electron chi connectivity index (χ0n) is 15.5. The predicted octanol–water partition coefficient (Wildman–Crippen LogP) is 1.54. The molecule has 0 fully saturated rings. The van der Waals surface area contributed by atoms with E-state index in [2.05, 4.69) is 15.3 Å². The first-order chi connectivity index (χ1) is 14.0. The van der Waals surface area contributed by atoms with Crippen LogP contribution in [0.25, 0.3) is 22.4 Å². The second-order valence-corrected chi connectivity index (χ2v) is 7.42. The Hall–Kier alpha value is -3.59. The predicted molar refractivity (Wildman–Crippen MR) is 111 cm³/mol. The van der Waals surface area contributed by atoms with E-state index in [0.717, 1.165) is 15.0 Å². The van der Waals surface area contributed by atoms with Crippen LogP contribution in [0.3, 0.4) is 0 Å². The highest BCUT2D eigenvalue weighted by Crippen LogP contribution is 2.15. The Morgan fingerprint density at radius 1 is 1.14 bits per heavy atom. The van der Waals surface area contributed by atoms with Gasteiger partial charge in [-0.2, -0.15) is 0 Å². The van der Waals surface area contributed by atoms with E-state index >= 15 is 0 Å². The Balaban J connectivity index is 1.68. The minimum absolute atomic E-state index is 0.179. The van der Waals surface area contributed by atoms with Crippen molar-refractivity contribution in [1.29, 1.82) is 0 Å². The van der Waals surface area contributed by atoms with Crippen LogP contribution < -0.4 is 16.6 Å². The number of nitrogens with zero attached hydrogens (tertiary/aromatic N) is 4. The molecule has 146 valence electrons. The summed E-state index contributed by atoms with van der Waals surface area (Å²) in [6.07, 6.45) is 1.40. The molecule has 0 saturated heterocycles. The first kappa shape index (κ1) is 18.8. The summed E-state index contributed by atoms with van der Waals surface area (Å²) in [6, 6.07) is 13.1. The van der Waals surface area contributed by atoms with Gasteiger partial charge in [-0.15, -0.1) is 11.3 Å². The van der Waals surface area contributed by atoms with Gasteiger partial charge >= 0.3 is 5.69 Å². The van der Waals surface area contributed by atoms with Gasteiger partial charge in [0.05, 0.1) is 6.54 Å². The van der Waals surface area contributed by atoms with Crippen LogP contribution in [-0.4, -0.2) is 25.0 Å². The molecule has 1 amide bonds. The highest BCUT2D eigenvalue weighted by Gasteiger charge is 2.16. The van der Waals surface area contributed by atoms with Gasteiger partial charge in [0.15, 0.2) is 11.5 Å². The fourth-order valence-corrected chi connectivity index (χ4v) is 3.59. The van der Waals surface area contributed by atoms with Crippen LogP contribution >= 0.6 is 11.3 Å². The molecule has 1 aromatic carbocycles. The van der Waals surface area contributed by atoms with Crippen molar-refractivity contribution in [3.8, 4) is 11.4 Å². The number of thiophene rings is 1. The Morgan fingerprint density at radius 3 is 2.66 bits per heavy atom. The summed E-state index contributed by atoms with van der Waals surface area (Å²) in [4.78, 5) is 47.4. The molecular formula is C20H17N5O3S. The molecule has 0 aliphatic rings. The molecule has 0 saturated carbocycles. The first-order valence-corrected chi connectivity index (χ1v) is 9.73. The van der Waals surface area contributed by atoms with Gasteiger partial charge in [0.1, 0.15) is 11.9 Å². The third-order valence-electron chi connectivity index (χ3n) is 4.45. The number of hydrogen-bond donors (Lipinski definition) is 1. The largest absolute Gasteiger partial charge is 0.350 e. The van der Waals surface area contributed by atoms with Gasteiger partial charge in [-0.1, -0.05) is 36.4 Å². The van der Waals surface area contributed by atoms with Crippen LogP contribution in [0, 0.1) is 0 Å². The highest BCUT2D eigenvalue weighted by atomic mass is 32.1. The number of nitrogens with one attached hydrogen (secondary N) is 1. The van der Waals surface area contributed by atoms with Gasteiger partial charge in [0.25, 0.3) is 5.56 Å². The zero-order valence-corrected chi connectivity index (χ0v) is 16.3. The van der Waals surface area contributed by atoms with Gasteiger partial charge in [-0.3, -0.25) is 18.7 Å². The second-order valence-electron chi connectivity index (χ2n) is 6.39. The second kappa shape index (κ2) is 7.80. The van der Waals surface area contributed by atoms with Gasteiger partial charge in [-0.25, -0.2) is 14.8 Å². The van der Waals surface area contributed by atoms with Crippen molar-refractivity contribution in [3.05, 3.63) is 79.8 Å². The van der Waals surface area contributed by atoms with Crippen molar-refractivity contribution in [2.75, 3.05) is 0 Å². The highest BCUT2D eigenvalue weighted by molar-refractivity contribution is 7.09. The Labute approximate surface area is 169 Å². The molecule has 3 heterocycles. The van der Waals surface area contributed by atoms with Crippen LogP contribution in [0.15, 0.2) is 63.6 Å². The monoisotopic (exact) mass is 407 g/mol. The Kier molecular flexibility index (Phi) is 5.05. The van der Waals surface area contributed by atoms with E-state index in [0.29, 0.717) is 12.4 Å². The Bertz CT molecular complexity index is 1290. The summed E-state index contributed by atoms with van der Waals surface area (Å²) in [7, 11) is 1.52. The average molecular weight is 407 g/mol. The molecular weight excluding hydrogens is 390 g/mol. The molecule has 0 aliphatic carbocycles. The molecule has 4 aromatic rings. The van der Waals surface area contributed by atoms with E-state index < -0.39 is 17.2 Å². The lowest BCUT2D eigenvalue weighted by atomic mass is 10.2. The third-order valence-corrected chi connectivity index (χ3v) is 5.33. The van der Waals surface area contributed by atoms with Crippen LogP contribution in [0.1, 0.15) is 4.88 Å². The number of aryl methyl sites for hydroxylation is 1. The van der Waals surface area contributed by atoms with Crippen LogP contribution in [0.4, 0.5) is 0 Å². The van der Waals surface area contributed by atoms with Crippen LogP contribution in [0.2, 0.25) is 0 Å². The standard InChI is InChI=1S/C20H17N5O3S/c1-24-18-15(11-22-17(23-18)13-6-3-2-4-7-13)19(27)25(20(24)28)12-16(26)21-10-14-8-5-9-29-14/h2-9,11H,10,12H2,1H3,(H,21,26).